The summed E-state index contributed by atoms with van der Waals surface area (Å²) in [5, 5.41) is 3.43. The molecule has 0 aliphatic heterocycles. The molecule has 1 fully saturated rings. The molecule has 0 bridgehead atoms. The molecule has 1 N–H and O–H groups in total. The van der Waals surface area contributed by atoms with Crippen LogP contribution in [-0.4, -0.2) is 37.7 Å². The van der Waals surface area contributed by atoms with Crippen molar-refractivity contribution >= 4 is 0 Å². The van der Waals surface area contributed by atoms with Gasteiger partial charge in [-0.3, -0.25) is 4.90 Å². The molecular formula is C17H30N2O2. The number of nitrogens with zero attached hydrogens (tertiary/aromatic N) is 1. The minimum Gasteiger partial charge on any atom is -0.465 e. The van der Waals surface area contributed by atoms with E-state index in [-0.39, 0.29) is 0 Å². The van der Waals surface area contributed by atoms with Crippen molar-refractivity contribution in [2.24, 2.45) is 5.92 Å². The molecule has 1 aliphatic carbocycles. The van der Waals surface area contributed by atoms with E-state index >= 15 is 0 Å². The van der Waals surface area contributed by atoms with Crippen molar-refractivity contribution in [1.82, 2.24) is 10.2 Å². The molecule has 0 radical (unpaired) electrons. The van der Waals surface area contributed by atoms with Crippen LogP contribution in [0.2, 0.25) is 0 Å². The Morgan fingerprint density at radius 2 is 2.19 bits per heavy atom. The lowest BCUT2D eigenvalue weighted by Gasteiger charge is -2.14. The topological polar surface area (TPSA) is 37.6 Å². The Morgan fingerprint density at radius 3 is 2.86 bits per heavy atom. The van der Waals surface area contributed by atoms with Gasteiger partial charge in [-0.1, -0.05) is 13.8 Å². The summed E-state index contributed by atoms with van der Waals surface area (Å²) < 4.78 is 11.5. The second-order valence-corrected chi connectivity index (χ2v) is 6.59. The van der Waals surface area contributed by atoms with Gasteiger partial charge in [-0.15, -0.1) is 0 Å². The highest BCUT2D eigenvalue weighted by Gasteiger charge is 2.21. The smallest absolute Gasteiger partial charge is 0.118 e. The number of aryl methyl sites for hydroxylation is 1. The van der Waals surface area contributed by atoms with Crippen molar-refractivity contribution in [3.05, 3.63) is 23.2 Å². The Bertz CT molecular complexity index is 424. The molecule has 1 aromatic heterocycles. The van der Waals surface area contributed by atoms with E-state index in [0.29, 0.717) is 6.04 Å². The van der Waals surface area contributed by atoms with Crippen molar-refractivity contribution in [2.75, 3.05) is 26.8 Å². The molecule has 120 valence electrons. The minimum atomic E-state index is 0.494. The molecule has 0 aromatic carbocycles. The van der Waals surface area contributed by atoms with Gasteiger partial charge in [0.1, 0.15) is 11.5 Å². The predicted molar refractivity (Wildman–Crippen MR) is 85.3 cm³/mol. The average Bonchev–Trinajstić information content (AvgIpc) is 3.17. The molecule has 4 heteroatoms. The van der Waals surface area contributed by atoms with Gasteiger partial charge in [-0.25, -0.2) is 0 Å². The number of hydrogen-bond acceptors (Lipinski definition) is 4. The number of likely N-dealkylation sites (N-methyl/N-ethyl adjacent to an activating group) is 1. The fourth-order valence-electron chi connectivity index (χ4n) is 2.26. The number of nitrogens with one attached hydrogen (secondary N) is 1. The minimum absolute atomic E-state index is 0.494. The molecule has 4 nitrogen and oxygen atoms in total. The summed E-state index contributed by atoms with van der Waals surface area (Å²) in [5.41, 5.74) is 1.26. The molecule has 1 heterocycles. The Kier molecular flexibility index (Phi) is 6.27. The molecule has 0 atom stereocenters. The van der Waals surface area contributed by atoms with Gasteiger partial charge in [0, 0.05) is 31.3 Å². The monoisotopic (exact) mass is 294 g/mol. The van der Waals surface area contributed by atoms with Crippen LogP contribution < -0.4 is 5.32 Å². The lowest BCUT2D eigenvalue weighted by atomic mass is 10.2. The fraction of sp³-hybridized carbons (Fsp3) is 0.765. The van der Waals surface area contributed by atoms with E-state index in [9.17, 15) is 0 Å². The van der Waals surface area contributed by atoms with Crippen LogP contribution in [-0.2, 0) is 17.8 Å². The van der Waals surface area contributed by atoms with E-state index in [1.54, 1.807) is 0 Å². The van der Waals surface area contributed by atoms with Crippen LogP contribution in [0.3, 0.4) is 0 Å². The van der Waals surface area contributed by atoms with Crippen LogP contribution in [0.15, 0.2) is 10.5 Å². The van der Waals surface area contributed by atoms with Gasteiger partial charge in [0.2, 0.25) is 0 Å². The third kappa shape index (κ3) is 6.20. The maximum absolute atomic E-state index is 5.85. The lowest BCUT2D eigenvalue weighted by Crippen LogP contribution is -2.23. The van der Waals surface area contributed by atoms with Gasteiger partial charge >= 0.3 is 0 Å². The Balaban J connectivity index is 1.69. The van der Waals surface area contributed by atoms with E-state index in [4.69, 9.17) is 9.15 Å². The van der Waals surface area contributed by atoms with Crippen LogP contribution in [0.1, 0.15) is 43.8 Å². The summed E-state index contributed by atoms with van der Waals surface area (Å²) in [6, 6.07) is 2.67. The first-order valence-corrected chi connectivity index (χ1v) is 8.12. The standard InChI is InChI=1S/C17H30N2O2/c1-13(2)18-10-16-9-17(21-14(16)3)11-19(4)7-8-20-12-15-5-6-15/h9,13,15,18H,5-8,10-12H2,1-4H3. The number of hydrogen-bond donors (Lipinski definition) is 1. The summed E-state index contributed by atoms with van der Waals surface area (Å²) in [5.74, 6) is 2.91. The Labute approximate surface area is 128 Å². The second-order valence-electron chi connectivity index (χ2n) is 6.59. The first-order chi connectivity index (χ1) is 10.0. The van der Waals surface area contributed by atoms with Gasteiger partial charge in [-0.2, -0.15) is 0 Å². The molecule has 0 saturated heterocycles. The molecule has 0 spiro atoms. The summed E-state index contributed by atoms with van der Waals surface area (Å²) in [4.78, 5) is 2.25. The molecule has 1 aliphatic rings. The number of ether oxygens (including phenoxy) is 1. The largest absolute Gasteiger partial charge is 0.465 e. The van der Waals surface area contributed by atoms with Crippen LogP contribution >= 0.6 is 0 Å². The Morgan fingerprint density at radius 1 is 1.43 bits per heavy atom. The summed E-state index contributed by atoms with van der Waals surface area (Å²) in [6.45, 7) is 10.8. The zero-order chi connectivity index (χ0) is 15.2. The molecule has 21 heavy (non-hydrogen) atoms. The fourth-order valence-corrected chi connectivity index (χ4v) is 2.26. The molecular weight excluding hydrogens is 264 g/mol. The number of rotatable bonds is 10. The van der Waals surface area contributed by atoms with Crippen LogP contribution in [0.25, 0.3) is 0 Å². The molecule has 0 unspecified atom stereocenters. The van der Waals surface area contributed by atoms with E-state index in [2.05, 4.69) is 37.2 Å². The number of furan rings is 1. The van der Waals surface area contributed by atoms with Gasteiger partial charge in [-0.05, 0) is 38.8 Å². The highest BCUT2D eigenvalue weighted by molar-refractivity contribution is 5.20. The van der Waals surface area contributed by atoms with Crippen molar-refractivity contribution in [3.8, 4) is 0 Å². The van der Waals surface area contributed by atoms with E-state index in [0.717, 1.165) is 50.3 Å². The van der Waals surface area contributed by atoms with Crippen molar-refractivity contribution < 1.29 is 9.15 Å². The summed E-state index contributed by atoms with van der Waals surface area (Å²) >= 11 is 0. The average molecular weight is 294 g/mol. The summed E-state index contributed by atoms with van der Waals surface area (Å²) in [6.07, 6.45) is 2.71. The van der Waals surface area contributed by atoms with Gasteiger partial charge in [0.15, 0.2) is 0 Å². The maximum Gasteiger partial charge on any atom is 0.118 e. The SMILES string of the molecule is Cc1oc(CN(C)CCOCC2CC2)cc1CNC(C)C. The Hall–Kier alpha value is -0.840. The molecule has 0 amide bonds. The van der Waals surface area contributed by atoms with E-state index in [1.807, 2.05) is 6.92 Å². The van der Waals surface area contributed by atoms with Gasteiger partial charge in [0.05, 0.1) is 13.2 Å². The van der Waals surface area contributed by atoms with Gasteiger partial charge < -0.3 is 14.5 Å². The van der Waals surface area contributed by atoms with Crippen LogP contribution in [0.5, 0.6) is 0 Å². The molecule has 1 aromatic rings. The van der Waals surface area contributed by atoms with Crippen molar-refractivity contribution in [2.45, 2.75) is 52.7 Å². The normalized spacial score (nSPS) is 15.3. The molecule has 2 rings (SSSR count). The van der Waals surface area contributed by atoms with Gasteiger partial charge in [0.25, 0.3) is 0 Å². The highest BCUT2D eigenvalue weighted by atomic mass is 16.5. The quantitative estimate of drug-likeness (QED) is 0.673. The second kappa shape index (κ2) is 7.97. The van der Waals surface area contributed by atoms with Crippen LogP contribution in [0, 0.1) is 12.8 Å². The highest BCUT2D eigenvalue weighted by Crippen LogP contribution is 2.28. The molecule has 1 saturated carbocycles. The third-order valence-corrected chi connectivity index (χ3v) is 3.87. The zero-order valence-corrected chi connectivity index (χ0v) is 13.9. The van der Waals surface area contributed by atoms with E-state index < -0.39 is 0 Å². The maximum atomic E-state index is 5.85. The lowest BCUT2D eigenvalue weighted by molar-refractivity contribution is 0.0999. The summed E-state index contributed by atoms with van der Waals surface area (Å²) in [7, 11) is 2.12. The van der Waals surface area contributed by atoms with Crippen molar-refractivity contribution in [1.29, 1.82) is 0 Å². The third-order valence-electron chi connectivity index (χ3n) is 3.87. The first-order valence-electron chi connectivity index (χ1n) is 8.12. The predicted octanol–water partition coefficient (Wildman–Crippen LogP) is 2.94. The first kappa shape index (κ1) is 16.5. The van der Waals surface area contributed by atoms with Crippen molar-refractivity contribution in [3.63, 3.8) is 0 Å². The van der Waals surface area contributed by atoms with E-state index in [1.165, 1.54) is 18.4 Å². The van der Waals surface area contributed by atoms with Crippen LogP contribution in [0.4, 0.5) is 0 Å². The zero-order valence-electron chi connectivity index (χ0n) is 13.9.